The molecule has 0 N–H and O–H groups in total. The Labute approximate surface area is 43.9 Å². The fourth-order valence-corrected chi connectivity index (χ4v) is 0.0974. The number of rotatable bonds is 1. The Morgan fingerprint density at radius 1 is 1.50 bits per heavy atom. The largest absolute Gasteiger partial charge is 0.593 e. The number of alkyl halides is 3. The molecule has 0 spiro atoms. The van der Waals surface area contributed by atoms with E-state index in [1.807, 2.05) is 6.21 Å². The van der Waals surface area contributed by atoms with Gasteiger partial charge in [0, 0.05) is 0 Å². The summed E-state index contributed by atoms with van der Waals surface area (Å²) in [6, 6.07) is 0. The van der Waals surface area contributed by atoms with Gasteiger partial charge in [0.1, 0.15) is 6.21 Å². The molecule has 0 aromatic carbocycles. The maximum atomic E-state index is 10.9. The predicted molar refractivity (Wildman–Crippen MR) is 20.2 cm³/mol. The summed E-state index contributed by atoms with van der Waals surface area (Å²) in [5.41, 5.74) is 0. The molecule has 0 aliphatic carbocycles. The van der Waals surface area contributed by atoms with E-state index in [1.165, 1.54) is 6.92 Å². The highest BCUT2D eigenvalue weighted by atomic mass is 19.4. The van der Waals surface area contributed by atoms with Crippen LogP contribution in [0.1, 0.15) is 6.92 Å². The first-order chi connectivity index (χ1) is 3.56. The second-order valence-corrected chi connectivity index (χ2v) is 0.852. The number of nitrogens with zero attached hydrogens (tertiary/aromatic N) is 1. The van der Waals surface area contributed by atoms with Crippen molar-refractivity contribution in [3.8, 4) is 0 Å². The number of halogens is 3. The molecule has 0 saturated carbocycles. The maximum Gasteiger partial charge on any atom is 0.593 e. The van der Waals surface area contributed by atoms with Crippen LogP contribution in [0.25, 0.3) is 0 Å². The van der Waals surface area contributed by atoms with Crippen LogP contribution in [0.5, 0.6) is 0 Å². The van der Waals surface area contributed by atoms with Crippen LogP contribution >= 0.6 is 0 Å². The summed E-state index contributed by atoms with van der Waals surface area (Å²) in [5.74, 6) is 0. The molecule has 0 atom stereocenters. The van der Waals surface area contributed by atoms with Gasteiger partial charge >= 0.3 is 6.36 Å². The third-order valence-electron chi connectivity index (χ3n) is 0.240. The van der Waals surface area contributed by atoms with Crippen molar-refractivity contribution in [2.24, 2.45) is 5.16 Å². The summed E-state index contributed by atoms with van der Waals surface area (Å²) in [6.45, 7) is 1.20. The molecule has 5 heteroatoms. The van der Waals surface area contributed by atoms with E-state index in [0.29, 0.717) is 0 Å². The zero-order valence-electron chi connectivity index (χ0n) is 3.99. The van der Waals surface area contributed by atoms with E-state index < -0.39 is 6.36 Å². The molecule has 1 radical (unpaired) electrons. The van der Waals surface area contributed by atoms with Crippen molar-refractivity contribution in [3.63, 3.8) is 0 Å². The van der Waals surface area contributed by atoms with Gasteiger partial charge in [-0.3, -0.25) is 4.84 Å². The summed E-state index contributed by atoms with van der Waals surface area (Å²) < 4.78 is 32.7. The number of hydrogen-bond donors (Lipinski definition) is 0. The lowest BCUT2D eigenvalue weighted by molar-refractivity contribution is -0.325. The van der Waals surface area contributed by atoms with E-state index in [2.05, 4.69) is 9.99 Å². The Balaban J connectivity index is 3.39. The Morgan fingerprint density at radius 3 is 2.12 bits per heavy atom. The van der Waals surface area contributed by atoms with Gasteiger partial charge in [-0.05, 0) is 6.92 Å². The van der Waals surface area contributed by atoms with Gasteiger partial charge in [0.05, 0.1) is 0 Å². The first kappa shape index (κ1) is 7.26. The fourth-order valence-electron chi connectivity index (χ4n) is 0.0974. The lowest BCUT2D eigenvalue weighted by Crippen LogP contribution is -2.08. The summed E-state index contributed by atoms with van der Waals surface area (Å²) in [6.07, 6.45) is -2.87. The minimum Gasteiger partial charge on any atom is -0.294 e. The van der Waals surface area contributed by atoms with Gasteiger partial charge in [-0.15, -0.1) is 13.2 Å². The molecule has 0 saturated heterocycles. The molecule has 0 aliphatic heterocycles. The Hall–Kier alpha value is -0.740. The highest BCUT2D eigenvalue weighted by Gasteiger charge is 2.30. The molecule has 47 valence electrons. The van der Waals surface area contributed by atoms with E-state index >= 15 is 0 Å². The third kappa shape index (κ3) is 5.26. The lowest BCUT2D eigenvalue weighted by atomic mass is 10.9. The van der Waals surface area contributed by atoms with E-state index in [9.17, 15) is 13.2 Å². The summed E-state index contributed by atoms with van der Waals surface area (Å²) >= 11 is 0. The zero-order valence-corrected chi connectivity index (χ0v) is 3.99. The standard InChI is InChI=1S/C3H3F3NO/c1-2-7-8-3(4,5)6/h1H3. The van der Waals surface area contributed by atoms with Crippen molar-refractivity contribution in [1.82, 2.24) is 0 Å². The van der Waals surface area contributed by atoms with Crippen LogP contribution in [0.15, 0.2) is 5.16 Å². The van der Waals surface area contributed by atoms with Crippen molar-refractivity contribution >= 4 is 6.21 Å². The molecule has 0 aliphatic rings. The van der Waals surface area contributed by atoms with Crippen LogP contribution < -0.4 is 0 Å². The maximum absolute atomic E-state index is 10.9. The van der Waals surface area contributed by atoms with Gasteiger partial charge in [-0.1, -0.05) is 5.16 Å². The van der Waals surface area contributed by atoms with Crippen LogP contribution in [0, 0.1) is 0 Å². The van der Waals surface area contributed by atoms with E-state index in [-0.39, 0.29) is 0 Å². The quantitative estimate of drug-likeness (QED) is 0.384. The molecule has 8 heavy (non-hydrogen) atoms. The van der Waals surface area contributed by atoms with Crippen LogP contribution in [0.3, 0.4) is 0 Å². The molecule has 0 amide bonds. The van der Waals surface area contributed by atoms with Gasteiger partial charge in [-0.2, -0.15) is 0 Å². The monoisotopic (exact) mass is 126 g/mol. The summed E-state index contributed by atoms with van der Waals surface area (Å²) in [4.78, 5) is 2.89. The lowest BCUT2D eigenvalue weighted by Gasteiger charge is -1.98. The normalized spacial score (nSPS) is 12.5. The Morgan fingerprint density at radius 2 is 2.00 bits per heavy atom. The molecule has 0 bridgehead atoms. The highest BCUT2D eigenvalue weighted by molar-refractivity contribution is 5.52. The number of hydrogen-bond acceptors (Lipinski definition) is 2. The second kappa shape index (κ2) is 2.54. The molecule has 0 aromatic rings. The van der Waals surface area contributed by atoms with Gasteiger partial charge in [0.15, 0.2) is 0 Å². The third-order valence-corrected chi connectivity index (χ3v) is 0.240. The minimum absolute atomic E-state index is 1.20. The van der Waals surface area contributed by atoms with Gasteiger partial charge < -0.3 is 0 Å². The van der Waals surface area contributed by atoms with Gasteiger partial charge in [0.25, 0.3) is 0 Å². The molecule has 0 aromatic heterocycles. The van der Waals surface area contributed by atoms with Crippen molar-refractivity contribution in [3.05, 3.63) is 0 Å². The highest BCUT2D eigenvalue weighted by Crippen LogP contribution is 2.15. The predicted octanol–water partition coefficient (Wildman–Crippen LogP) is 1.41. The van der Waals surface area contributed by atoms with E-state index in [0.717, 1.165) is 0 Å². The van der Waals surface area contributed by atoms with Crippen LogP contribution in [-0.4, -0.2) is 12.6 Å². The first-order valence-electron chi connectivity index (χ1n) is 1.68. The van der Waals surface area contributed by atoms with Crippen molar-refractivity contribution in [2.75, 3.05) is 0 Å². The van der Waals surface area contributed by atoms with Gasteiger partial charge in [-0.25, -0.2) is 0 Å². The molecule has 0 fully saturated rings. The van der Waals surface area contributed by atoms with Gasteiger partial charge in [0.2, 0.25) is 0 Å². The average molecular weight is 126 g/mol. The zero-order chi connectivity index (χ0) is 6.62. The van der Waals surface area contributed by atoms with Crippen molar-refractivity contribution < 1.29 is 18.0 Å². The average Bonchev–Trinajstić information content (AvgIpc) is 1.59. The Bertz CT molecular complexity index is 87.0. The van der Waals surface area contributed by atoms with Crippen molar-refractivity contribution in [2.45, 2.75) is 13.3 Å². The Kier molecular flexibility index (Phi) is 2.30. The van der Waals surface area contributed by atoms with Crippen LogP contribution in [0.2, 0.25) is 0 Å². The first-order valence-corrected chi connectivity index (χ1v) is 1.68. The van der Waals surface area contributed by atoms with Crippen LogP contribution in [0.4, 0.5) is 13.2 Å². The van der Waals surface area contributed by atoms with Crippen molar-refractivity contribution in [1.29, 1.82) is 0 Å². The van der Waals surface area contributed by atoms with E-state index in [1.54, 1.807) is 0 Å². The molecular weight excluding hydrogens is 123 g/mol. The molecular formula is C3H3F3NO. The molecule has 0 rings (SSSR count). The van der Waals surface area contributed by atoms with E-state index in [4.69, 9.17) is 0 Å². The topological polar surface area (TPSA) is 21.6 Å². The molecule has 0 unspecified atom stereocenters. The minimum atomic E-state index is -4.68. The second-order valence-electron chi connectivity index (χ2n) is 0.852. The SMILES string of the molecule is C[C]=NOC(F)(F)F. The summed E-state index contributed by atoms with van der Waals surface area (Å²) in [5, 5.41) is 2.37. The summed E-state index contributed by atoms with van der Waals surface area (Å²) in [7, 11) is 0. The van der Waals surface area contributed by atoms with Crippen LogP contribution in [-0.2, 0) is 4.84 Å². The molecule has 0 heterocycles. The smallest absolute Gasteiger partial charge is 0.294 e. The molecule has 2 nitrogen and oxygen atoms in total. The fraction of sp³-hybridized carbons (Fsp3) is 0.667.